The van der Waals surface area contributed by atoms with E-state index in [9.17, 15) is 29.2 Å². The lowest BCUT2D eigenvalue weighted by Gasteiger charge is -2.21. The smallest absolute Gasteiger partial charge is 0.478 e. The number of benzene rings is 4. The van der Waals surface area contributed by atoms with E-state index in [0.717, 1.165) is 22.3 Å². The van der Waals surface area contributed by atoms with Gasteiger partial charge in [-0.2, -0.15) is 0 Å². The Morgan fingerprint density at radius 3 is 1.51 bits per heavy atom. The molecule has 6 N–H and O–H groups in total. The Morgan fingerprint density at radius 2 is 1.08 bits per heavy atom. The highest BCUT2D eigenvalue weighted by atomic mass is 16.6. The first kappa shape index (κ1) is 46.4. The second kappa shape index (κ2) is 20.1. The van der Waals surface area contributed by atoms with E-state index in [1.165, 1.54) is 12.1 Å². The van der Waals surface area contributed by atoms with Gasteiger partial charge in [0.05, 0.1) is 16.8 Å². The summed E-state index contributed by atoms with van der Waals surface area (Å²) in [6.45, 7) is 15.3. The highest BCUT2D eigenvalue weighted by Crippen LogP contribution is 2.31. The van der Waals surface area contributed by atoms with Crippen molar-refractivity contribution in [1.82, 2.24) is 5.32 Å². The number of carboxylic acid groups (broad SMARTS) is 1. The van der Waals surface area contributed by atoms with Crippen LogP contribution in [0.4, 0.5) is 0 Å². The van der Waals surface area contributed by atoms with E-state index in [1.807, 2.05) is 116 Å². The number of fused-ring (bicyclic) bond motifs is 2. The lowest BCUT2D eigenvalue weighted by Crippen LogP contribution is -2.45. The summed E-state index contributed by atoms with van der Waals surface area (Å²) in [4.78, 5) is 47.5. The van der Waals surface area contributed by atoms with Crippen molar-refractivity contribution in [3.05, 3.63) is 130 Å². The number of carboxylic acids is 1. The summed E-state index contributed by atoms with van der Waals surface area (Å²) >= 11 is 0. The third-order valence-electron chi connectivity index (χ3n) is 9.90. The number of aromatic carboxylic acids is 1. The highest BCUT2D eigenvalue weighted by molar-refractivity contribution is 6.62. The molecule has 2 heterocycles. The van der Waals surface area contributed by atoms with Crippen molar-refractivity contribution < 1.29 is 53.1 Å². The molecule has 0 bridgehead atoms. The van der Waals surface area contributed by atoms with Crippen molar-refractivity contribution in [1.29, 1.82) is 0 Å². The van der Waals surface area contributed by atoms with Crippen molar-refractivity contribution in [2.24, 2.45) is 17.6 Å². The van der Waals surface area contributed by atoms with E-state index >= 15 is 0 Å². The maximum absolute atomic E-state index is 12.8. The number of carbonyl (C=O) groups excluding carboxylic acids is 3. The number of nitrogens with two attached hydrogens (primary N) is 1. The van der Waals surface area contributed by atoms with Gasteiger partial charge in [-0.05, 0) is 97.0 Å². The van der Waals surface area contributed by atoms with Crippen LogP contribution in [0.5, 0.6) is 0 Å². The molecule has 0 aliphatic carbocycles. The van der Waals surface area contributed by atoms with E-state index in [2.05, 4.69) is 5.32 Å². The Kier molecular flexibility index (Phi) is 15.8. The van der Waals surface area contributed by atoms with E-state index in [4.69, 9.17) is 29.6 Å². The topological polar surface area (TPSA) is 204 Å². The third kappa shape index (κ3) is 12.4. The molecule has 13 nitrogen and oxygen atoms in total. The lowest BCUT2D eigenvalue weighted by molar-refractivity contribution is -0.149. The molecule has 0 saturated carbocycles. The van der Waals surface area contributed by atoms with Crippen LogP contribution >= 0.6 is 0 Å². The second-order valence-electron chi connectivity index (χ2n) is 16.0. The SMILES string of the molecule is CC(C)[C@H](N)C(=O)OCc1ccccc1.CC(C)[C@H](NC(=O)c1ccc2c(c1)B(O)OC2(C)C)C(=O)OCc1ccccc1.CC1(C)OB(O)c2cc(C(=O)O)ccc21. The number of hydrogen-bond donors (Lipinski definition) is 5. The van der Waals surface area contributed by atoms with Gasteiger partial charge in [-0.25, -0.2) is 9.59 Å². The molecular weight excluding hydrogens is 754 g/mol. The van der Waals surface area contributed by atoms with Crippen LogP contribution < -0.4 is 22.0 Å². The quantitative estimate of drug-likeness (QED) is 0.107. The van der Waals surface area contributed by atoms with Crippen molar-refractivity contribution in [2.45, 2.75) is 91.9 Å². The molecule has 59 heavy (non-hydrogen) atoms. The molecule has 0 fully saturated rings. The predicted octanol–water partition coefficient (Wildman–Crippen LogP) is 4.19. The van der Waals surface area contributed by atoms with E-state index < -0.39 is 55.4 Å². The maximum atomic E-state index is 12.8. The van der Waals surface area contributed by atoms with Crippen LogP contribution in [0.25, 0.3) is 0 Å². The fourth-order valence-electron chi connectivity index (χ4n) is 6.35. The summed E-state index contributed by atoms with van der Waals surface area (Å²) in [5, 5.41) is 31.3. The summed E-state index contributed by atoms with van der Waals surface area (Å²) in [7, 11) is -2.11. The summed E-state index contributed by atoms with van der Waals surface area (Å²) in [5.74, 6) is -2.27. The van der Waals surface area contributed by atoms with Crippen molar-refractivity contribution >= 4 is 49.0 Å². The first-order valence-corrected chi connectivity index (χ1v) is 19.4. The van der Waals surface area contributed by atoms with Gasteiger partial charge in [-0.15, -0.1) is 0 Å². The van der Waals surface area contributed by atoms with Crippen LogP contribution in [0.15, 0.2) is 97.1 Å². The minimum atomic E-state index is -1.08. The molecule has 1 amide bonds. The van der Waals surface area contributed by atoms with Gasteiger partial charge in [0.1, 0.15) is 25.3 Å². The Morgan fingerprint density at radius 1 is 0.661 bits per heavy atom. The molecule has 2 atom stereocenters. The normalized spacial score (nSPS) is 15.4. The summed E-state index contributed by atoms with van der Waals surface area (Å²) in [5.41, 5.74) is 9.61. The zero-order valence-corrected chi connectivity index (χ0v) is 34.8. The minimum Gasteiger partial charge on any atom is -0.478 e. The third-order valence-corrected chi connectivity index (χ3v) is 9.90. The Labute approximate surface area is 346 Å². The second-order valence-corrected chi connectivity index (χ2v) is 16.0. The molecule has 0 unspecified atom stereocenters. The summed E-state index contributed by atoms with van der Waals surface area (Å²) in [6, 6.07) is 27.3. The first-order chi connectivity index (χ1) is 27.7. The van der Waals surface area contributed by atoms with Gasteiger partial charge >= 0.3 is 32.1 Å². The van der Waals surface area contributed by atoms with Gasteiger partial charge < -0.3 is 45.0 Å². The van der Waals surface area contributed by atoms with Gasteiger partial charge in [0, 0.05) is 5.56 Å². The van der Waals surface area contributed by atoms with Crippen molar-refractivity contribution in [3.63, 3.8) is 0 Å². The average Bonchev–Trinajstić information content (AvgIpc) is 3.58. The first-order valence-electron chi connectivity index (χ1n) is 19.4. The molecule has 0 radical (unpaired) electrons. The highest BCUT2D eigenvalue weighted by Gasteiger charge is 2.42. The molecule has 4 aromatic rings. The van der Waals surface area contributed by atoms with Crippen LogP contribution in [0.1, 0.15) is 98.4 Å². The zero-order chi connectivity index (χ0) is 43.7. The van der Waals surface area contributed by atoms with E-state index in [-0.39, 0.29) is 30.0 Å². The molecule has 15 heteroatoms. The maximum Gasteiger partial charge on any atom is 0.492 e. The van der Waals surface area contributed by atoms with Crippen molar-refractivity contribution in [3.8, 4) is 0 Å². The number of ether oxygens (including phenoxy) is 2. The van der Waals surface area contributed by atoms with Gasteiger partial charge in [0.15, 0.2) is 0 Å². The monoisotopic (exact) mass is 808 g/mol. The fraction of sp³-hybridized carbons (Fsp3) is 0.364. The summed E-state index contributed by atoms with van der Waals surface area (Å²) in [6.07, 6.45) is 0. The number of carbonyl (C=O) groups is 4. The molecule has 4 aromatic carbocycles. The Hall–Kier alpha value is -5.31. The van der Waals surface area contributed by atoms with Gasteiger partial charge in [0.25, 0.3) is 5.91 Å². The molecule has 6 rings (SSSR count). The van der Waals surface area contributed by atoms with Crippen LogP contribution in [0, 0.1) is 11.8 Å². The molecule has 2 aliphatic rings. The number of amides is 1. The van der Waals surface area contributed by atoms with Crippen LogP contribution in [-0.4, -0.2) is 65.3 Å². The standard InChI is InChI=1S/C22H26BNO5.C12H17NO2.C10H11BO4/c1-14(2)19(21(26)28-13-15-8-6-5-7-9-15)24-20(25)16-10-11-17-18(12-16)23(27)29-22(17,3)4;1-9(2)11(13)12(14)15-8-10-6-4-3-5-7-10;1-10(2)7-4-3-6(9(12)13)5-8(7)11(14)15-10/h5-12,14,19,27H,13H2,1-4H3,(H,24,25);3-7,9,11H,8,13H2,1-2H3;3-5,14H,1-2H3,(H,12,13)/t19-;11-;/m00./s1. The van der Waals surface area contributed by atoms with Gasteiger partial charge in [-0.1, -0.05) is 100 Å². The molecule has 0 aromatic heterocycles. The largest absolute Gasteiger partial charge is 0.492 e. The van der Waals surface area contributed by atoms with Gasteiger partial charge in [-0.3, -0.25) is 9.59 Å². The lowest BCUT2D eigenvalue weighted by atomic mass is 9.77. The van der Waals surface area contributed by atoms with Crippen LogP contribution in [-0.2, 0) is 52.8 Å². The number of nitrogens with one attached hydrogen (secondary N) is 1. The molecule has 0 saturated heterocycles. The Balaban J connectivity index is 0.000000215. The minimum absolute atomic E-state index is 0.105. The number of esters is 2. The molecule has 312 valence electrons. The van der Waals surface area contributed by atoms with E-state index in [0.29, 0.717) is 23.1 Å². The predicted molar refractivity (Wildman–Crippen MR) is 225 cm³/mol. The fourth-order valence-corrected chi connectivity index (χ4v) is 6.35. The number of hydrogen-bond acceptors (Lipinski definition) is 11. The van der Waals surface area contributed by atoms with E-state index in [1.54, 1.807) is 24.3 Å². The van der Waals surface area contributed by atoms with Crippen LogP contribution in [0.3, 0.4) is 0 Å². The molecule has 0 spiro atoms. The average molecular weight is 809 g/mol. The molecular formula is C44H54B2N2O11. The zero-order valence-electron chi connectivity index (χ0n) is 34.8. The van der Waals surface area contributed by atoms with Gasteiger partial charge in [0.2, 0.25) is 0 Å². The molecule has 2 aliphatic heterocycles. The Bertz CT molecular complexity index is 2080. The number of rotatable bonds is 11. The van der Waals surface area contributed by atoms with Crippen LogP contribution in [0.2, 0.25) is 0 Å². The summed E-state index contributed by atoms with van der Waals surface area (Å²) < 4.78 is 21.3. The van der Waals surface area contributed by atoms with Crippen molar-refractivity contribution in [2.75, 3.05) is 0 Å².